The zero-order valence-corrected chi connectivity index (χ0v) is 23.1. The van der Waals surface area contributed by atoms with Gasteiger partial charge in [-0.05, 0) is 40.3 Å². The van der Waals surface area contributed by atoms with E-state index < -0.39 is 0 Å². The topological polar surface area (TPSA) is 58.9 Å². The first-order valence-corrected chi connectivity index (χ1v) is 12.9. The molecule has 0 fully saturated rings. The number of fused-ring (bicyclic) bond motifs is 5. The third kappa shape index (κ3) is 3.75. The number of hydrogen-bond acceptors (Lipinski definition) is 5. The molecule has 0 N–H and O–H groups in total. The molecular formula is C34H29NO5. The van der Waals surface area contributed by atoms with E-state index in [1.165, 1.54) is 0 Å². The van der Waals surface area contributed by atoms with Crippen molar-refractivity contribution in [3.8, 4) is 45.3 Å². The number of ether oxygens (including phenoxy) is 4. The van der Waals surface area contributed by atoms with Crippen molar-refractivity contribution >= 4 is 32.4 Å². The summed E-state index contributed by atoms with van der Waals surface area (Å²) in [5.41, 5.74) is 4.78. The molecule has 0 aliphatic rings. The van der Waals surface area contributed by atoms with Crippen LogP contribution in [0, 0.1) is 0 Å². The van der Waals surface area contributed by atoms with Gasteiger partial charge in [-0.3, -0.25) is 4.79 Å². The van der Waals surface area contributed by atoms with Crippen LogP contribution in [-0.4, -0.2) is 33.0 Å². The van der Waals surface area contributed by atoms with Gasteiger partial charge in [0.2, 0.25) is 0 Å². The van der Waals surface area contributed by atoms with Gasteiger partial charge in [-0.25, -0.2) is 0 Å². The van der Waals surface area contributed by atoms with Gasteiger partial charge < -0.3 is 23.5 Å². The van der Waals surface area contributed by atoms with E-state index in [1.54, 1.807) is 40.1 Å². The van der Waals surface area contributed by atoms with E-state index in [1.807, 2.05) is 36.4 Å². The van der Waals surface area contributed by atoms with Crippen LogP contribution in [0.15, 0.2) is 89.7 Å². The number of pyridine rings is 1. The van der Waals surface area contributed by atoms with Crippen LogP contribution in [0.25, 0.3) is 54.7 Å². The minimum absolute atomic E-state index is 0.172. The number of methoxy groups -OCH3 is 4. The standard InChI is InChI=1S/C34H29NO5/c1-35-31-25(23-17-18-27(37-2)32(39-4)30(23)34(35)36)16-15-24-26(31)19-28(38-3)33(40-5)29(24)22-13-11-21(12-14-22)20-9-7-6-8-10-20/h6-19H,1-5H3. The number of rotatable bonds is 6. The monoisotopic (exact) mass is 531 g/mol. The van der Waals surface area contributed by atoms with E-state index in [0.29, 0.717) is 28.4 Å². The van der Waals surface area contributed by atoms with Crippen LogP contribution in [0.4, 0.5) is 0 Å². The average molecular weight is 532 g/mol. The van der Waals surface area contributed by atoms with Gasteiger partial charge in [0.25, 0.3) is 5.56 Å². The molecule has 0 saturated carbocycles. The predicted molar refractivity (Wildman–Crippen MR) is 161 cm³/mol. The third-order valence-electron chi connectivity index (χ3n) is 7.61. The molecule has 1 heterocycles. The first-order chi connectivity index (χ1) is 19.5. The molecule has 1 aromatic heterocycles. The van der Waals surface area contributed by atoms with Crippen LogP contribution in [0.2, 0.25) is 0 Å². The van der Waals surface area contributed by atoms with Gasteiger partial charge in [0, 0.05) is 28.8 Å². The molecule has 6 nitrogen and oxygen atoms in total. The Morgan fingerprint density at radius 3 is 1.80 bits per heavy atom. The average Bonchev–Trinajstić information content (AvgIpc) is 3.01. The second kappa shape index (κ2) is 9.97. The van der Waals surface area contributed by atoms with Crippen LogP contribution < -0.4 is 24.5 Å². The van der Waals surface area contributed by atoms with Crippen molar-refractivity contribution in [3.05, 3.63) is 95.3 Å². The highest BCUT2D eigenvalue weighted by Crippen LogP contribution is 2.47. The molecule has 6 rings (SSSR count). The molecule has 0 bridgehead atoms. The zero-order chi connectivity index (χ0) is 28.0. The molecular weight excluding hydrogens is 502 g/mol. The summed E-state index contributed by atoms with van der Waals surface area (Å²) in [6, 6.07) is 28.5. The lowest BCUT2D eigenvalue weighted by Crippen LogP contribution is -2.18. The molecule has 0 atom stereocenters. The number of nitrogens with zero attached hydrogens (tertiary/aromatic N) is 1. The third-order valence-corrected chi connectivity index (χ3v) is 7.61. The highest BCUT2D eigenvalue weighted by atomic mass is 16.5. The smallest absolute Gasteiger partial charge is 0.262 e. The van der Waals surface area contributed by atoms with E-state index in [0.717, 1.165) is 49.3 Å². The van der Waals surface area contributed by atoms with E-state index in [4.69, 9.17) is 18.9 Å². The lowest BCUT2D eigenvalue weighted by Gasteiger charge is -2.20. The van der Waals surface area contributed by atoms with E-state index in [2.05, 4.69) is 48.5 Å². The van der Waals surface area contributed by atoms with Crippen LogP contribution >= 0.6 is 0 Å². The van der Waals surface area contributed by atoms with Gasteiger partial charge in [-0.1, -0.05) is 66.7 Å². The van der Waals surface area contributed by atoms with Gasteiger partial charge in [0.15, 0.2) is 23.0 Å². The van der Waals surface area contributed by atoms with Gasteiger partial charge >= 0.3 is 0 Å². The second-order valence-corrected chi connectivity index (χ2v) is 9.58. The quantitative estimate of drug-likeness (QED) is 0.213. The Labute approximate surface area is 231 Å². The summed E-state index contributed by atoms with van der Waals surface area (Å²) < 4.78 is 24.5. The molecule has 6 heteroatoms. The Kier molecular flexibility index (Phi) is 6.31. The number of aryl methyl sites for hydroxylation is 1. The van der Waals surface area contributed by atoms with Crippen molar-refractivity contribution in [1.82, 2.24) is 4.57 Å². The van der Waals surface area contributed by atoms with Crippen molar-refractivity contribution in [2.24, 2.45) is 7.05 Å². The minimum atomic E-state index is -0.172. The maximum absolute atomic E-state index is 13.8. The second-order valence-electron chi connectivity index (χ2n) is 9.58. The van der Waals surface area contributed by atoms with E-state index in [9.17, 15) is 4.79 Å². The first-order valence-electron chi connectivity index (χ1n) is 12.9. The molecule has 0 spiro atoms. The lowest BCUT2D eigenvalue weighted by molar-refractivity contribution is 0.357. The lowest BCUT2D eigenvalue weighted by atomic mass is 9.92. The summed E-state index contributed by atoms with van der Waals surface area (Å²) in [4.78, 5) is 13.8. The molecule has 0 aliphatic carbocycles. The SMILES string of the molecule is COc1cc2c(ccc3c4ccc(OC)c(OC)c4c(=O)n(C)c23)c(-c2ccc(-c3ccccc3)cc2)c1OC. The first kappa shape index (κ1) is 25.3. The Hall–Kier alpha value is -4.97. The molecule has 0 saturated heterocycles. The molecule has 6 aromatic rings. The highest BCUT2D eigenvalue weighted by Gasteiger charge is 2.22. The number of benzene rings is 5. The summed E-state index contributed by atoms with van der Waals surface area (Å²) in [6.07, 6.45) is 0. The predicted octanol–water partition coefficient (Wildman–Crippen LogP) is 7.21. The fourth-order valence-corrected chi connectivity index (χ4v) is 5.73. The Balaban J connectivity index is 1.70. The highest BCUT2D eigenvalue weighted by molar-refractivity contribution is 6.19. The summed E-state index contributed by atoms with van der Waals surface area (Å²) >= 11 is 0. The van der Waals surface area contributed by atoms with Crippen molar-refractivity contribution in [2.45, 2.75) is 0 Å². The summed E-state index contributed by atoms with van der Waals surface area (Å²) in [5, 5.41) is 4.03. The Morgan fingerprint density at radius 1 is 0.550 bits per heavy atom. The fraction of sp³-hybridized carbons (Fsp3) is 0.147. The largest absolute Gasteiger partial charge is 0.493 e. The Morgan fingerprint density at radius 2 is 1.15 bits per heavy atom. The molecule has 200 valence electrons. The van der Waals surface area contributed by atoms with Crippen LogP contribution in [0.3, 0.4) is 0 Å². The van der Waals surface area contributed by atoms with Gasteiger partial charge in [0.05, 0.1) is 39.3 Å². The summed E-state index contributed by atoms with van der Waals surface area (Å²) in [5.74, 6) is 2.16. The van der Waals surface area contributed by atoms with E-state index in [-0.39, 0.29) is 5.56 Å². The van der Waals surface area contributed by atoms with Gasteiger partial charge in [-0.2, -0.15) is 0 Å². The van der Waals surface area contributed by atoms with Crippen molar-refractivity contribution in [3.63, 3.8) is 0 Å². The zero-order valence-electron chi connectivity index (χ0n) is 23.1. The number of hydrogen-bond donors (Lipinski definition) is 0. The number of aromatic nitrogens is 1. The van der Waals surface area contributed by atoms with Crippen molar-refractivity contribution in [2.75, 3.05) is 28.4 Å². The van der Waals surface area contributed by atoms with Gasteiger partial charge in [-0.15, -0.1) is 0 Å². The molecule has 0 radical (unpaired) electrons. The van der Waals surface area contributed by atoms with Crippen LogP contribution in [0.5, 0.6) is 23.0 Å². The van der Waals surface area contributed by atoms with Crippen molar-refractivity contribution in [1.29, 1.82) is 0 Å². The van der Waals surface area contributed by atoms with Crippen LogP contribution in [-0.2, 0) is 7.05 Å². The summed E-state index contributed by atoms with van der Waals surface area (Å²) in [6.45, 7) is 0. The molecule has 40 heavy (non-hydrogen) atoms. The molecule has 0 aliphatic heterocycles. The summed E-state index contributed by atoms with van der Waals surface area (Å²) in [7, 11) is 8.18. The maximum atomic E-state index is 13.8. The maximum Gasteiger partial charge on any atom is 0.262 e. The van der Waals surface area contributed by atoms with E-state index >= 15 is 0 Å². The molecule has 0 unspecified atom stereocenters. The fourth-order valence-electron chi connectivity index (χ4n) is 5.73. The van der Waals surface area contributed by atoms with Crippen LogP contribution in [0.1, 0.15) is 0 Å². The molecule has 5 aromatic carbocycles. The van der Waals surface area contributed by atoms with Gasteiger partial charge in [0.1, 0.15) is 0 Å². The normalized spacial score (nSPS) is 11.2. The van der Waals surface area contributed by atoms with Crippen molar-refractivity contribution < 1.29 is 18.9 Å². The molecule has 0 amide bonds. The minimum Gasteiger partial charge on any atom is -0.493 e. The Bertz CT molecular complexity index is 1960.